The molecule has 0 radical (unpaired) electrons. The minimum absolute atomic E-state index is 0.214. The lowest BCUT2D eigenvalue weighted by Gasteiger charge is -2.31. The Hall–Kier alpha value is -1.05. The predicted octanol–water partition coefficient (Wildman–Crippen LogP) is 3.51. The molecule has 1 heterocycles. The van der Waals surface area contributed by atoms with Gasteiger partial charge in [0.2, 0.25) is 0 Å². The average Bonchev–Trinajstić information content (AvgIpc) is 2.47. The molecule has 1 saturated heterocycles. The molecule has 1 unspecified atom stereocenters. The molecular formula is C16H22BrN3. The first-order valence-corrected chi connectivity index (χ1v) is 7.78. The van der Waals surface area contributed by atoms with Gasteiger partial charge >= 0.3 is 0 Å². The number of nitrogens with zero attached hydrogens (tertiary/aromatic N) is 3. The van der Waals surface area contributed by atoms with Gasteiger partial charge in [-0.05, 0) is 36.7 Å². The van der Waals surface area contributed by atoms with E-state index < -0.39 is 0 Å². The van der Waals surface area contributed by atoms with Crippen molar-refractivity contribution in [2.75, 3.05) is 31.6 Å². The van der Waals surface area contributed by atoms with E-state index in [-0.39, 0.29) is 5.41 Å². The van der Waals surface area contributed by atoms with Crippen LogP contribution in [-0.4, -0.2) is 37.6 Å². The Morgan fingerprint density at radius 1 is 1.30 bits per heavy atom. The van der Waals surface area contributed by atoms with Crippen LogP contribution in [0.1, 0.15) is 20.3 Å². The average molecular weight is 336 g/mol. The Balaban J connectivity index is 2.26. The lowest BCUT2D eigenvalue weighted by atomic mass is 9.92. The first-order chi connectivity index (χ1) is 9.41. The van der Waals surface area contributed by atoms with E-state index in [1.54, 1.807) is 0 Å². The standard InChI is InChI=1S/C16H22BrN3/c1-16(2)11-19(3)15(8-9-18)10-20(12-16)14-6-4-13(17)5-7-14/h4-7,15H,8,10-12H2,1-3H3. The van der Waals surface area contributed by atoms with Gasteiger partial charge in [-0.15, -0.1) is 0 Å². The summed E-state index contributed by atoms with van der Waals surface area (Å²) in [6.07, 6.45) is 0.583. The fraction of sp³-hybridized carbons (Fsp3) is 0.562. The van der Waals surface area contributed by atoms with Crippen molar-refractivity contribution in [3.63, 3.8) is 0 Å². The molecule has 0 bridgehead atoms. The highest BCUT2D eigenvalue weighted by atomic mass is 79.9. The van der Waals surface area contributed by atoms with Crippen molar-refractivity contribution in [2.24, 2.45) is 5.41 Å². The molecule has 1 atom stereocenters. The van der Waals surface area contributed by atoms with Gasteiger partial charge in [-0.2, -0.15) is 5.26 Å². The van der Waals surface area contributed by atoms with E-state index in [1.165, 1.54) is 5.69 Å². The summed E-state index contributed by atoms with van der Waals surface area (Å²) in [6.45, 7) is 7.54. The van der Waals surface area contributed by atoms with Gasteiger partial charge in [0.1, 0.15) is 0 Å². The monoisotopic (exact) mass is 335 g/mol. The van der Waals surface area contributed by atoms with E-state index in [0.717, 1.165) is 24.1 Å². The second-order valence-corrected chi connectivity index (χ2v) is 7.37. The number of nitriles is 1. The molecular weight excluding hydrogens is 314 g/mol. The molecule has 1 aliphatic heterocycles. The van der Waals surface area contributed by atoms with Crippen molar-refractivity contribution >= 4 is 21.6 Å². The molecule has 20 heavy (non-hydrogen) atoms. The Kier molecular flexibility index (Phi) is 4.72. The molecule has 108 valence electrons. The molecule has 0 saturated carbocycles. The molecule has 4 heteroatoms. The van der Waals surface area contributed by atoms with Crippen molar-refractivity contribution in [1.82, 2.24) is 4.90 Å². The number of rotatable bonds is 2. The normalized spacial score (nSPS) is 23.1. The quantitative estimate of drug-likeness (QED) is 0.828. The van der Waals surface area contributed by atoms with Gasteiger partial charge in [-0.1, -0.05) is 29.8 Å². The smallest absolute Gasteiger partial charge is 0.0638 e. The minimum atomic E-state index is 0.214. The molecule has 1 aliphatic rings. The highest BCUT2D eigenvalue weighted by molar-refractivity contribution is 9.10. The van der Waals surface area contributed by atoms with Crippen LogP contribution in [0.2, 0.25) is 0 Å². The van der Waals surface area contributed by atoms with Crippen molar-refractivity contribution in [1.29, 1.82) is 5.26 Å². The van der Waals surface area contributed by atoms with E-state index in [4.69, 9.17) is 5.26 Å². The van der Waals surface area contributed by atoms with Crippen LogP contribution in [0.4, 0.5) is 5.69 Å². The Morgan fingerprint density at radius 3 is 2.55 bits per heavy atom. The summed E-state index contributed by atoms with van der Waals surface area (Å²) in [7, 11) is 2.13. The highest BCUT2D eigenvalue weighted by Gasteiger charge is 2.32. The number of halogens is 1. The second-order valence-electron chi connectivity index (χ2n) is 6.45. The maximum Gasteiger partial charge on any atom is 0.0638 e. The molecule has 1 fully saturated rings. The number of hydrogen-bond donors (Lipinski definition) is 0. The molecule has 0 aromatic heterocycles. The van der Waals surface area contributed by atoms with E-state index in [0.29, 0.717) is 12.5 Å². The summed E-state index contributed by atoms with van der Waals surface area (Å²) in [5, 5.41) is 9.05. The molecule has 1 aromatic rings. The first-order valence-electron chi connectivity index (χ1n) is 6.99. The van der Waals surface area contributed by atoms with Crippen molar-refractivity contribution in [3.05, 3.63) is 28.7 Å². The molecule has 0 aliphatic carbocycles. The van der Waals surface area contributed by atoms with Crippen molar-refractivity contribution in [3.8, 4) is 6.07 Å². The molecule has 0 amide bonds. The SMILES string of the molecule is CN1CC(C)(C)CN(c2ccc(Br)cc2)CC1CC#N. The largest absolute Gasteiger partial charge is 0.369 e. The zero-order chi connectivity index (χ0) is 14.8. The predicted molar refractivity (Wildman–Crippen MR) is 86.8 cm³/mol. The van der Waals surface area contributed by atoms with E-state index in [1.807, 2.05) is 0 Å². The Bertz CT molecular complexity index is 489. The van der Waals surface area contributed by atoms with Crippen LogP contribution in [0.25, 0.3) is 0 Å². The van der Waals surface area contributed by atoms with Crippen LogP contribution < -0.4 is 4.90 Å². The number of likely N-dealkylation sites (N-methyl/N-ethyl adjacent to an activating group) is 1. The van der Waals surface area contributed by atoms with E-state index in [9.17, 15) is 0 Å². The summed E-state index contributed by atoms with van der Waals surface area (Å²) in [4.78, 5) is 4.75. The van der Waals surface area contributed by atoms with Crippen molar-refractivity contribution < 1.29 is 0 Å². The Labute approximate surface area is 130 Å². The van der Waals surface area contributed by atoms with Crippen LogP contribution in [0.5, 0.6) is 0 Å². The summed E-state index contributed by atoms with van der Waals surface area (Å²) in [6, 6.07) is 11.1. The number of benzene rings is 1. The number of hydrogen-bond acceptors (Lipinski definition) is 3. The fourth-order valence-corrected chi connectivity index (χ4v) is 3.27. The maximum atomic E-state index is 9.05. The first kappa shape index (κ1) is 15.3. The van der Waals surface area contributed by atoms with E-state index >= 15 is 0 Å². The molecule has 0 N–H and O–H groups in total. The summed E-state index contributed by atoms with van der Waals surface area (Å²) >= 11 is 3.48. The van der Waals surface area contributed by atoms with Crippen LogP contribution in [0, 0.1) is 16.7 Å². The zero-order valence-corrected chi connectivity index (χ0v) is 14.0. The van der Waals surface area contributed by atoms with Crippen molar-refractivity contribution in [2.45, 2.75) is 26.3 Å². The third-order valence-electron chi connectivity index (χ3n) is 3.87. The molecule has 3 nitrogen and oxygen atoms in total. The summed E-state index contributed by atoms with van der Waals surface area (Å²) in [5.74, 6) is 0. The van der Waals surface area contributed by atoms with Crippen LogP contribution in [0.3, 0.4) is 0 Å². The van der Waals surface area contributed by atoms with Gasteiger partial charge in [0.15, 0.2) is 0 Å². The minimum Gasteiger partial charge on any atom is -0.369 e. The van der Waals surface area contributed by atoms with Gasteiger partial charge in [0.25, 0.3) is 0 Å². The van der Waals surface area contributed by atoms with Crippen LogP contribution in [0.15, 0.2) is 28.7 Å². The summed E-state index contributed by atoms with van der Waals surface area (Å²) < 4.78 is 1.10. The van der Waals surface area contributed by atoms with E-state index in [2.05, 4.69) is 77.0 Å². The zero-order valence-electron chi connectivity index (χ0n) is 12.4. The fourth-order valence-electron chi connectivity index (χ4n) is 3.00. The summed E-state index contributed by atoms with van der Waals surface area (Å²) in [5.41, 5.74) is 1.45. The van der Waals surface area contributed by atoms with Gasteiger partial charge in [0.05, 0.1) is 12.5 Å². The third kappa shape index (κ3) is 3.74. The lowest BCUT2D eigenvalue weighted by molar-refractivity contribution is 0.195. The highest BCUT2D eigenvalue weighted by Crippen LogP contribution is 2.29. The number of anilines is 1. The van der Waals surface area contributed by atoms with Gasteiger partial charge < -0.3 is 9.80 Å². The molecule has 2 rings (SSSR count). The third-order valence-corrected chi connectivity index (χ3v) is 4.40. The van der Waals surface area contributed by atoms with Crippen LogP contribution in [-0.2, 0) is 0 Å². The van der Waals surface area contributed by atoms with Crippen LogP contribution >= 0.6 is 15.9 Å². The maximum absolute atomic E-state index is 9.05. The van der Waals surface area contributed by atoms with Gasteiger partial charge in [-0.25, -0.2) is 0 Å². The molecule has 0 spiro atoms. The lowest BCUT2D eigenvalue weighted by Crippen LogP contribution is -2.38. The Morgan fingerprint density at radius 2 is 1.95 bits per heavy atom. The molecule has 1 aromatic carbocycles. The van der Waals surface area contributed by atoms with Gasteiger partial charge in [-0.3, -0.25) is 0 Å². The van der Waals surface area contributed by atoms with Gasteiger partial charge in [0, 0.05) is 35.8 Å². The topological polar surface area (TPSA) is 30.3 Å². The second kappa shape index (κ2) is 6.15.